The molecule has 4 saturated heterocycles. The van der Waals surface area contributed by atoms with Crippen molar-refractivity contribution in [3.63, 3.8) is 0 Å². The van der Waals surface area contributed by atoms with Crippen LogP contribution in [0.5, 0.6) is 46.0 Å². The summed E-state index contributed by atoms with van der Waals surface area (Å²) >= 11 is 1.61. The van der Waals surface area contributed by atoms with Gasteiger partial charge >= 0.3 is 0 Å². The largest absolute Gasteiger partial charge is 0.854 e. The minimum Gasteiger partial charge on any atom is -0.854 e. The number of ether oxygens (including phenoxy) is 12. The summed E-state index contributed by atoms with van der Waals surface area (Å²) < 4.78 is 70.4. The van der Waals surface area contributed by atoms with Crippen molar-refractivity contribution in [3.8, 4) is 46.0 Å². The van der Waals surface area contributed by atoms with Crippen LogP contribution in [0.3, 0.4) is 0 Å². The highest BCUT2D eigenvalue weighted by molar-refractivity contribution is 7.09. The number of thiazole rings is 1. The average molecular weight is 973 g/mol. The number of anilines is 1. The molecule has 70 heavy (non-hydrogen) atoms. The van der Waals surface area contributed by atoms with E-state index in [0.717, 1.165) is 84.4 Å². The van der Waals surface area contributed by atoms with Crippen molar-refractivity contribution in [2.75, 3.05) is 65.9 Å². The topological polar surface area (TPSA) is 189 Å². The van der Waals surface area contributed by atoms with Crippen molar-refractivity contribution in [1.82, 2.24) is 9.97 Å². The first-order valence-electron chi connectivity index (χ1n) is 23.5. The quantitative estimate of drug-likeness (QED) is 0.165. The molecule has 4 fully saturated rings. The summed E-state index contributed by atoms with van der Waals surface area (Å²) in [6.45, 7) is 8.28. The molecule has 18 heteroatoms. The fourth-order valence-corrected chi connectivity index (χ4v) is 11.6. The molecule has 2 N–H and O–H groups in total. The minimum atomic E-state index is -0.0723. The highest BCUT2D eigenvalue weighted by Gasteiger charge is 2.50. The van der Waals surface area contributed by atoms with E-state index in [9.17, 15) is 5.11 Å². The molecule has 0 spiro atoms. The molecule has 8 aliphatic rings. The predicted octanol–water partition coefficient (Wildman–Crippen LogP) is 6.41. The van der Waals surface area contributed by atoms with Crippen LogP contribution in [0.4, 0.5) is 5.82 Å². The molecule has 2 aromatic heterocycles. The van der Waals surface area contributed by atoms with Gasteiger partial charge in [0.1, 0.15) is 11.6 Å². The third-order valence-electron chi connectivity index (χ3n) is 14.3. The molecule has 4 aromatic carbocycles. The fraction of sp³-hybridized carbons (Fsp3) is 0.404. The maximum absolute atomic E-state index is 10.7. The standard InChI is InChI=1S/2C20H18O6.C12H16N4OS/c2*1-3-15-17(25-9-23-15)5-11(1)19-13-7-22-20(14(13)8-21-19)12-2-4-16-18(6-12)26-10-24-16;1-8-11(3-4-17)18-7-16(8)6-10-5-14-9(2)15-12(10)13/h2*1-6,13-14,19-20H,7-10H2;5,7H,3-4,6H2,1-2H3,(H2,13,14,15)/t13-,14-,19+,20+;13-,14-,19-,20+;/m00./s1. The van der Waals surface area contributed by atoms with E-state index in [2.05, 4.69) is 38.8 Å². The predicted molar refractivity (Wildman–Crippen MR) is 247 cm³/mol. The molecule has 0 aliphatic carbocycles. The molecule has 6 aromatic rings. The van der Waals surface area contributed by atoms with Crippen LogP contribution in [0.25, 0.3) is 0 Å². The number of nitrogens with zero attached hydrogens (tertiary/aromatic N) is 3. The number of aryl methyl sites for hydroxylation is 1. The lowest BCUT2D eigenvalue weighted by Crippen LogP contribution is -2.35. The number of hydrogen-bond donors (Lipinski definition) is 1. The van der Waals surface area contributed by atoms with Crippen LogP contribution in [0.1, 0.15) is 68.6 Å². The molecule has 0 saturated carbocycles. The summed E-state index contributed by atoms with van der Waals surface area (Å²) in [6, 6.07) is 24.2. The molecule has 0 amide bonds. The van der Waals surface area contributed by atoms with Crippen LogP contribution >= 0.6 is 11.3 Å². The second kappa shape index (κ2) is 19.1. The lowest BCUT2D eigenvalue weighted by molar-refractivity contribution is -0.689. The Kier molecular flexibility index (Phi) is 12.2. The zero-order chi connectivity index (χ0) is 47.3. The number of rotatable bonds is 8. The van der Waals surface area contributed by atoms with Gasteiger partial charge in [-0.3, -0.25) is 0 Å². The summed E-state index contributed by atoms with van der Waals surface area (Å²) in [5, 5.41) is 10.7. The van der Waals surface area contributed by atoms with E-state index in [1.165, 1.54) is 0 Å². The van der Waals surface area contributed by atoms with Gasteiger partial charge in [-0.15, -0.1) is 6.61 Å². The lowest BCUT2D eigenvalue weighted by atomic mass is 9.85. The Morgan fingerprint density at radius 1 is 0.557 bits per heavy atom. The van der Waals surface area contributed by atoms with Gasteiger partial charge in [0.05, 0.1) is 61.3 Å². The van der Waals surface area contributed by atoms with E-state index in [1.54, 1.807) is 17.5 Å². The molecular weight excluding hydrogens is 921 g/mol. The van der Waals surface area contributed by atoms with Crippen molar-refractivity contribution in [3.05, 3.63) is 129 Å². The van der Waals surface area contributed by atoms with Gasteiger partial charge < -0.3 is 67.7 Å². The fourth-order valence-electron chi connectivity index (χ4n) is 10.6. The maximum atomic E-state index is 10.7. The summed E-state index contributed by atoms with van der Waals surface area (Å²) in [5.74, 6) is 8.85. The van der Waals surface area contributed by atoms with Crippen molar-refractivity contribution >= 4 is 17.2 Å². The van der Waals surface area contributed by atoms with Gasteiger partial charge in [0, 0.05) is 36.8 Å². The Morgan fingerprint density at radius 3 is 1.29 bits per heavy atom. The second-order valence-electron chi connectivity index (χ2n) is 18.3. The summed E-state index contributed by atoms with van der Waals surface area (Å²) in [6.07, 6.45) is 2.43. The Labute approximate surface area is 407 Å². The third-order valence-corrected chi connectivity index (χ3v) is 15.4. The van der Waals surface area contributed by atoms with E-state index < -0.39 is 0 Å². The normalized spacial score (nSPS) is 25.5. The summed E-state index contributed by atoms with van der Waals surface area (Å²) in [4.78, 5) is 9.44. The van der Waals surface area contributed by atoms with E-state index in [0.29, 0.717) is 74.7 Å². The molecular formula is C52H52N4O13S. The first-order valence-corrected chi connectivity index (χ1v) is 24.4. The number of fused-ring (bicyclic) bond motifs is 6. The van der Waals surface area contributed by atoms with E-state index in [4.69, 9.17) is 62.6 Å². The number of benzene rings is 4. The van der Waals surface area contributed by atoms with E-state index in [-0.39, 0.29) is 58.2 Å². The number of aromatic nitrogens is 3. The van der Waals surface area contributed by atoms with Gasteiger partial charge in [-0.2, -0.15) is 4.57 Å². The van der Waals surface area contributed by atoms with Crippen molar-refractivity contribution in [2.24, 2.45) is 23.7 Å². The molecule has 0 radical (unpaired) electrons. The van der Waals surface area contributed by atoms with Crippen LogP contribution in [0.15, 0.2) is 84.5 Å². The van der Waals surface area contributed by atoms with Gasteiger partial charge in [-0.05, 0) is 84.1 Å². The Balaban J connectivity index is 0.000000111. The van der Waals surface area contributed by atoms with E-state index in [1.807, 2.05) is 67.9 Å². The van der Waals surface area contributed by atoms with Gasteiger partial charge in [0.2, 0.25) is 32.7 Å². The van der Waals surface area contributed by atoms with Crippen LogP contribution in [0.2, 0.25) is 0 Å². The summed E-state index contributed by atoms with van der Waals surface area (Å²) in [5.41, 5.74) is 14.4. The molecule has 10 heterocycles. The molecule has 14 rings (SSSR count). The molecule has 0 unspecified atom stereocenters. The summed E-state index contributed by atoms with van der Waals surface area (Å²) in [7, 11) is 0. The zero-order valence-electron chi connectivity index (χ0n) is 38.6. The zero-order valence-corrected chi connectivity index (χ0v) is 39.4. The monoisotopic (exact) mass is 972 g/mol. The van der Waals surface area contributed by atoms with Crippen molar-refractivity contribution < 1.29 is 66.5 Å². The SMILES string of the molecule is Cc1ncc(C[n+]2csc(CC[O-])c2C)c(N)n1.c1cc2c(cc1[C@H]1OC[C@H]3[C@@H]1CO[C@@H]3c1ccc3c(c1)OCO3)OCO2.c1cc2c(cc1[C@H]1OC[C@H]3[C@@H]1CO[C@H]3c1ccc3c(c1)OCO3)OCO2. The average Bonchev–Trinajstić information content (AvgIpc) is 4.23. The van der Waals surface area contributed by atoms with Crippen molar-refractivity contribution in [1.29, 1.82) is 0 Å². The Morgan fingerprint density at radius 2 is 0.929 bits per heavy atom. The Hall–Kier alpha value is -6.41. The third kappa shape index (κ3) is 8.55. The molecule has 364 valence electrons. The smallest absolute Gasteiger partial charge is 0.231 e. The van der Waals surface area contributed by atoms with Gasteiger partial charge in [-0.1, -0.05) is 35.6 Å². The van der Waals surface area contributed by atoms with Crippen LogP contribution in [0, 0.1) is 37.5 Å². The van der Waals surface area contributed by atoms with E-state index >= 15 is 0 Å². The number of hydrogen-bond acceptors (Lipinski definition) is 17. The Bertz CT molecular complexity index is 2610. The van der Waals surface area contributed by atoms with Gasteiger partial charge in [-0.25, -0.2) is 9.97 Å². The molecule has 0 bridgehead atoms. The first-order chi connectivity index (χ1) is 34.3. The van der Waals surface area contributed by atoms with Gasteiger partial charge in [0.15, 0.2) is 58.2 Å². The first kappa shape index (κ1) is 44.8. The molecule has 8 atom stereocenters. The number of nitrogen functional groups attached to an aromatic ring is 1. The lowest BCUT2D eigenvalue weighted by Gasteiger charge is -2.17. The molecule has 17 nitrogen and oxygen atoms in total. The van der Waals surface area contributed by atoms with Gasteiger partial charge in [0.25, 0.3) is 0 Å². The maximum Gasteiger partial charge on any atom is 0.231 e. The highest BCUT2D eigenvalue weighted by atomic mass is 32.1. The van der Waals surface area contributed by atoms with Crippen LogP contribution in [-0.2, 0) is 31.9 Å². The number of nitrogens with two attached hydrogens (primary N) is 1. The highest BCUT2D eigenvalue weighted by Crippen LogP contribution is 2.54. The van der Waals surface area contributed by atoms with Crippen LogP contribution < -0.4 is 53.3 Å². The molecule has 8 aliphatic heterocycles. The van der Waals surface area contributed by atoms with Crippen molar-refractivity contribution in [2.45, 2.75) is 51.2 Å². The second-order valence-corrected chi connectivity index (χ2v) is 19.2. The minimum absolute atomic E-state index is 0.0218. The van der Waals surface area contributed by atoms with Crippen LogP contribution in [-0.4, -0.2) is 70.2 Å².